The van der Waals surface area contributed by atoms with Crippen LogP contribution in [0.1, 0.15) is 24.0 Å². The van der Waals surface area contributed by atoms with Gasteiger partial charge in [0.05, 0.1) is 0 Å². The third kappa shape index (κ3) is 5.61. The molecular weight excluding hydrogens is 412 g/mol. The molecule has 1 saturated heterocycles. The number of ether oxygens (including phenoxy) is 2. The van der Waals surface area contributed by atoms with Crippen molar-refractivity contribution in [2.24, 2.45) is 4.99 Å². The molecular formula is C22H26ClF2N3O2. The summed E-state index contributed by atoms with van der Waals surface area (Å²) in [5.74, 6) is 0.715. The lowest BCUT2D eigenvalue weighted by Gasteiger charge is -2.38. The Hall–Kier alpha value is -2.38. The van der Waals surface area contributed by atoms with E-state index in [1.165, 1.54) is 6.07 Å². The Kier molecular flexibility index (Phi) is 7.87. The molecule has 0 aromatic heterocycles. The number of alkyl halides is 2. The van der Waals surface area contributed by atoms with Gasteiger partial charge in [-0.3, -0.25) is 4.99 Å². The van der Waals surface area contributed by atoms with Crippen LogP contribution in [0.5, 0.6) is 5.75 Å². The molecule has 3 rings (SSSR count). The Bertz CT molecular complexity index is 858. The van der Waals surface area contributed by atoms with Gasteiger partial charge in [-0.15, -0.1) is 0 Å². The Balaban J connectivity index is 1.68. The van der Waals surface area contributed by atoms with Crippen molar-refractivity contribution < 1.29 is 18.3 Å². The van der Waals surface area contributed by atoms with Crippen LogP contribution in [0.3, 0.4) is 0 Å². The zero-order valence-electron chi connectivity index (χ0n) is 16.8. The molecule has 1 aliphatic rings. The lowest BCUT2D eigenvalue weighted by Crippen LogP contribution is -2.48. The van der Waals surface area contributed by atoms with E-state index < -0.39 is 6.61 Å². The Morgan fingerprint density at radius 2 is 1.83 bits per heavy atom. The first-order valence-corrected chi connectivity index (χ1v) is 10.2. The van der Waals surface area contributed by atoms with Crippen molar-refractivity contribution in [2.75, 3.05) is 26.8 Å². The highest BCUT2D eigenvalue weighted by Crippen LogP contribution is 2.38. The van der Waals surface area contributed by atoms with Crippen molar-refractivity contribution in [3.05, 3.63) is 64.7 Å². The van der Waals surface area contributed by atoms with Gasteiger partial charge in [0.1, 0.15) is 5.75 Å². The second kappa shape index (κ2) is 10.6. The summed E-state index contributed by atoms with van der Waals surface area (Å²) in [5, 5.41) is 7.28. The number of halogens is 3. The zero-order valence-corrected chi connectivity index (χ0v) is 17.6. The van der Waals surface area contributed by atoms with Gasteiger partial charge in [-0.1, -0.05) is 48.0 Å². The number of rotatable bonds is 7. The molecule has 1 fully saturated rings. The quantitative estimate of drug-likeness (QED) is 0.499. The number of nitrogens with zero attached hydrogens (tertiary/aromatic N) is 1. The van der Waals surface area contributed by atoms with Crippen molar-refractivity contribution in [1.82, 2.24) is 10.6 Å². The fraction of sp³-hybridized carbons (Fsp3) is 0.409. The number of benzene rings is 2. The van der Waals surface area contributed by atoms with E-state index in [1.54, 1.807) is 25.2 Å². The van der Waals surface area contributed by atoms with Gasteiger partial charge in [-0.25, -0.2) is 0 Å². The predicted octanol–water partition coefficient (Wildman–Crippen LogP) is 4.35. The predicted molar refractivity (Wildman–Crippen MR) is 114 cm³/mol. The third-order valence-corrected chi connectivity index (χ3v) is 5.68. The standard InChI is InChI=1S/C22H26ClF2N3O2/c1-26-21(27-14-16-6-2-5-9-19(16)30-20(24)25)28-15-22(10-12-29-13-11-22)17-7-3-4-8-18(17)23/h2-9,20H,10-15H2,1H3,(H2,26,27,28). The maximum atomic E-state index is 12.6. The molecule has 0 radical (unpaired) electrons. The molecule has 0 unspecified atom stereocenters. The smallest absolute Gasteiger partial charge is 0.387 e. The van der Waals surface area contributed by atoms with E-state index in [0.29, 0.717) is 37.8 Å². The average Bonchev–Trinajstić information content (AvgIpc) is 2.75. The number of aliphatic imine (C=N–C) groups is 1. The molecule has 2 aromatic rings. The SMILES string of the molecule is CN=C(NCc1ccccc1OC(F)F)NCC1(c2ccccc2Cl)CCOCC1. The maximum absolute atomic E-state index is 12.6. The molecule has 8 heteroatoms. The molecule has 30 heavy (non-hydrogen) atoms. The molecule has 162 valence electrons. The zero-order chi connectivity index (χ0) is 21.4. The van der Waals surface area contributed by atoms with Crippen LogP contribution in [-0.4, -0.2) is 39.4 Å². The van der Waals surface area contributed by atoms with Gasteiger partial charge in [-0.05, 0) is 30.5 Å². The lowest BCUT2D eigenvalue weighted by atomic mass is 9.74. The largest absolute Gasteiger partial charge is 0.434 e. The third-order valence-electron chi connectivity index (χ3n) is 5.35. The highest BCUT2D eigenvalue weighted by molar-refractivity contribution is 6.31. The monoisotopic (exact) mass is 437 g/mol. The van der Waals surface area contributed by atoms with Gasteiger partial charge in [-0.2, -0.15) is 8.78 Å². The van der Waals surface area contributed by atoms with Gasteiger partial charge >= 0.3 is 6.61 Å². The highest BCUT2D eigenvalue weighted by Gasteiger charge is 2.36. The molecule has 2 aromatic carbocycles. The van der Waals surface area contributed by atoms with Gasteiger partial charge < -0.3 is 20.1 Å². The minimum atomic E-state index is -2.87. The second-order valence-corrected chi connectivity index (χ2v) is 7.55. The molecule has 1 heterocycles. The molecule has 2 N–H and O–H groups in total. The van der Waals surface area contributed by atoms with Crippen LogP contribution >= 0.6 is 11.6 Å². The Morgan fingerprint density at radius 3 is 2.53 bits per heavy atom. The van der Waals surface area contributed by atoms with E-state index in [9.17, 15) is 8.78 Å². The van der Waals surface area contributed by atoms with Crippen molar-refractivity contribution in [3.8, 4) is 5.75 Å². The minimum Gasteiger partial charge on any atom is -0.434 e. The lowest BCUT2D eigenvalue weighted by molar-refractivity contribution is -0.0504. The summed E-state index contributed by atoms with van der Waals surface area (Å²) in [5.41, 5.74) is 1.53. The van der Waals surface area contributed by atoms with Gasteiger partial charge in [0.2, 0.25) is 0 Å². The van der Waals surface area contributed by atoms with Crippen LogP contribution in [0.4, 0.5) is 8.78 Å². The highest BCUT2D eigenvalue weighted by atomic mass is 35.5. The molecule has 0 amide bonds. The minimum absolute atomic E-state index is 0.146. The van der Waals surface area contributed by atoms with Crippen LogP contribution in [0.25, 0.3) is 0 Å². The first kappa shape index (κ1) is 22.3. The van der Waals surface area contributed by atoms with Crippen molar-refractivity contribution in [2.45, 2.75) is 31.4 Å². The average molecular weight is 438 g/mol. The van der Waals surface area contributed by atoms with E-state index in [-0.39, 0.29) is 11.2 Å². The molecule has 0 atom stereocenters. The number of guanidine groups is 1. The summed E-state index contributed by atoms with van der Waals surface area (Å²) >= 11 is 6.51. The van der Waals surface area contributed by atoms with Crippen LogP contribution in [0.2, 0.25) is 5.02 Å². The van der Waals surface area contributed by atoms with Crippen LogP contribution < -0.4 is 15.4 Å². The van der Waals surface area contributed by atoms with E-state index in [4.69, 9.17) is 16.3 Å². The fourth-order valence-electron chi connectivity index (χ4n) is 3.71. The van der Waals surface area contributed by atoms with Gasteiger partial charge in [0, 0.05) is 49.4 Å². The maximum Gasteiger partial charge on any atom is 0.387 e. The number of para-hydroxylation sites is 1. The summed E-state index contributed by atoms with van der Waals surface area (Å²) < 4.78 is 35.4. The molecule has 1 aliphatic heterocycles. The number of hydrogen-bond donors (Lipinski definition) is 2. The van der Waals surface area contributed by atoms with Crippen LogP contribution in [0.15, 0.2) is 53.5 Å². The van der Waals surface area contributed by atoms with Gasteiger partial charge in [0.15, 0.2) is 5.96 Å². The van der Waals surface area contributed by atoms with E-state index >= 15 is 0 Å². The topological polar surface area (TPSA) is 54.9 Å². The Morgan fingerprint density at radius 1 is 1.13 bits per heavy atom. The molecule has 0 saturated carbocycles. The summed E-state index contributed by atoms with van der Waals surface area (Å²) in [6.07, 6.45) is 1.68. The van der Waals surface area contributed by atoms with Gasteiger partial charge in [0.25, 0.3) is 0 Å². The first-order chi connectivity index (χ1) is 14.5. The van der Waals surface area contributed by atoms with Crippen molar-refractivity contribution >= 4 is 17.6 Å². The van der Waals surface area contributed by atoms with Crippen LogP contribution in [-0.2, 0) is 16.7 Å². The normalized spacial score (nSPS) is 16.4. The summed E-state index contributed by atoms with van der Waals surface area (Å²) in [6, 6.07) is 14.6. The molecule has 0 spiro atoms. The molecule has 0 aliphatic carbocycles. The summed E-state index contributed by atoms with van der Waals surface area (Å²) in [7, 11) is 1.67. The van der Waals surface area contributed by atoms with E-state index in [2.05, 4.69) is 26.4 Å². The van der Waals surface area contributed by atoms with Crippen molar-refractivity contribution in [3.63, 3.8) is 0 Å². The van der Waals surface area contributed by atoms with Crippen molar-refractivity contribution in [1.29, 1.82) is 0 Å². The van der Waals surface area contributed by atoms with E-state index in [0.717, 1.165) is 23.4 Å². The van der Waals surface area contributed by atoms with E-state index in [1.807, 2.05) is 18.2 Å². The molecule has 5 nitrogen and oxygen atoms in total. The summed E-state index contributed by atoms with van der Waals surface area (Å²) in [4.78, 5) is 4.27. The number of hydrogen-bond acceptors (Lipinski definition) is 3. The fourth-order valence-corrected chi connectivity index (χ4v) is 4.04. The Labute approximate surface area is 180 Å². The van der Waals surface area contributed by atoms with Crippen LogP contribution in [0, 0.1) is 0 Å². The molecule has 0 bridgehead atoms. The second-order valence-electron chi connectivity index (χ2n) is 7.14. The number of nitrogens with one attached hydrogen (secondary N) is 2. The summed E-state index contributed by atoms with van der Waals surface area (Å²) in [6.45, 7) is -0.624. The first-order valence-electron chi connectivity index (χ1n) is 9.84.